The largest absolute Gasteiger partial charge is 0.494 e. The lowest BCUT2D eigenvalue weighted by atomic mass is 10.1. The molecule has 4 rings (SSSR count). The van der Waals surface area contributed by atoms with Gasteiger partial charge in [0.05, 0.1) is 11.5 Å². The molecule has 1 saturated heterocycles. The molecular formula is C27H30N4O4. The highest BCUT2D eigenvalue weighted by molar-refractivity contribution is 5.94. The molecule has 1 heterocycles. The second-order valence-electron chi connectivity index (χ2n) is 8.47. The van der Waals surface area contributed by atoms with Crippen LogP contribution < -0.4 is 15.0 Å². The molecule has 1 aliphatic rings. The van der Waals surface area contributed by atoms with Crippen LogP contribution in [-0.4, -0.2) is 48.5 Å². The van der Waals surface area contributed by atoms with Gasteiger partial charge in [-0.15, -0.1) is 0 Å². The van der Waals surface area contributed by atoms with Crippen molar-refractivity contribution in [1.82, 2.24) is 4.90 Å². The third-order valence-electron chi connectivity index (χ3n) is 6.19. The summed E-state index contributed by atoms with van der Waals surface area (Å²) in [5, 5.41) is 14.9. The maximum Gasteiger partial charge on any atom is 0.292 e. The van der Waals surface area contributed by atoms with E-state index in [0.717, 1.165) is 17.0 Å². The predicted molar refractivity (Wildman–Crippen MR) is 137 cm³/mol. The molecule has 1 amide bonds. The number of hydrogen-bond acceptors (Lipinski definition) is 6. The van der Waals surface area contributed by atoms with Crippen molar-refractivity contribution in [3.63, 3.8) is 0 Å². The van der Waals surface area contributed by atoms with Crippen LogP contribution in [-0.2, 0) is 0 Å². The highest BCUT2D eigenvalue weighted by Gasteiger charge is 2.24. The van der Waals surface area contributed by atoms with Gasteiger partial charge in [-0.2, -0.15) is 0 Å². The minimum Gasteiger partial charge on any atom is -0.494 e. The molecule has 0 saturated carbocycles. The third-order valence-corrected chi connectivity index (χ3v) is 6.19. The van der Waals surface area contributed by atoms with Crippen molar-refractivity contribution in [2.24, 2.45) is 0 Å². The summed E-state index contributed by atoms with van der Waals surface area (Å²) in [4.78, 5) is 28.2. The molecule has 1 atom stereocenters. The Kier molecular flexibility index (Phi) is 7.50. The van der Waals surface area contributed by atoms with E-state index < -0.39 is 0 Å². The van der Waals surface area contributed by atoms with Gasteiger partial charge in [-0.3, -0.25) is 14.9 Å². The quantitative estimate of drug-likeness (QED) is 0.360. The van der Waals surface area contributed by atoms with E-state index in [2.05, 4.69) is 10.2 Å². The minimum atomic E-state index is -0.364. The number of piperazine rings is 1. The van der Waals surface area contributed by atoms with Gasteiger partial charge in [-0.05, 0) is 55.8 Å². The van der Waals surface area contributed by atoms with Crippen LogP contribution >= 0.6 is 0 Å². The van der Waals surface area contributed by atoms with Gasteiger partial charge in [0, 0.05) is 49.5 Å². The Labute approximate surface area is 205 Å². The van der Waals surface area contributed by atoms with Crippen LogP contribution in [0.25, 0.3) is 0 Å². The molecular weight excluding hydrogens is 444 g/mol. The molecule has 0 bridgehead atoms. The summed E-state index contributed by atoms with van der Waals surface area (Å²) in [7, 11) is 0. The Balaban J connectivity index is 1.44. The molecule has 182 valence electrons. The first-order chi connectivity index (χ1) is 17.0. The van der Waals surface area contributed by atoms with Gasteiger partial charge in [-0.25, -0.2) is 0 Å². The van der Waals surface area contributed by atoms with Crippen molar-refractivity contribution in [2.45, 2.75) is 19.9 Å². The van der Waals surface area contributed by atoms with E-state index in [9.17, 15) is 14.9 Å². The second-order valence-corrected chi connectivity index (χ2v) is 8.47. The van der Waals surface area contributed by atoms with Crippen molar-refractivity contribution in [1.29, 1.82) is 0 Å². The summed E-state index contributed by atoms with van der Waals surface area (Å²) in [5.41, 5.74) is 3.11. The Bertz CT molecular complexity index is 1160. The van der Waals surface area contributed by atoms with Crippen molar-refractivity contribution in [3.05, 3.63) is 94.0 Å². The molecule has 3 aromatic carbocycles. The van der Waals surface area contributed by atoms with E-state index >= 15 is 0 Å². The van der Waals surface area contributed by atoms with E-state index in [4.69, 9.17) is 4.74 Å². The average Bonchev–Trinajstić information content (AvgIpc) is 2.89. The fourth-order valence-electron chi connectivity index (χ4n) is 4.26. The maximum absolute atomic E-state index is 12.9. The Morgan fingerprint density at radius 1 is 1.03 bits per heavy atom. The van der Waals surface area contributed by atoms with Crippen molar-refractivity contribution >= 4 is 23.0 Å². The van der Waals surface area contributed by atoms with Crippen molar-refractivity contribution < 1.29 is 14.5 Å². The lowest BCUT2D eigenvalue weighted by Crippen LogP contribution is -2.48. The van der Waals surface area contributed by atoms with Crippen LogP contribution in [0.5, 0.6) is 5.75 Å². The molecule has 0 spiro atoms. The highest BCUT2D eigenvalue weighted by atomic mass is 16.6. The Morgan fingerprint density at radius 3 is 2.34 bits per heavy atom. The third kappa shape index (κ3) is 5.71. The number of nitrogens with one attached hydrogen (secondary N) is 1. The standard InChI is InChI=1S/C27H30N4O4/c1-3-35-24-12-9-22(10-13-24)27(32)30-17-15-29(16-18-30)23-11-14-26(31(33)34)25(19-23)28-20(2)21-7-5-4-6-8-21/h4-14,19-20,28H,3,15-18H2,1-2H3/t20-/m1/s1. The number of nitro groups is 1. The fraction of sp³-hybridized carbons (Fsp3) is 0.296. The number of ether oxygens (including phenoxy) is 1. The van der Waals surface area contributed by atoms with Crippen LogP contribution in [0.2, 0.25) is 0 Å². The molecule has 0 aromatic heterocycles. The number of carbonyl (C=O) groups excluding carboxylic acids is 1. The van der Waals surface area contributed by atoms with Crippen LogP contribution in [0.15, 0.2) is 72.8 Å². The summed E-state index contributed by atoms with van der Waals surface area (Å²) in [5.74, 6) is 0.744. The van der Waals surface area contributed by atoms with E-state index in [1.165, 1.54) is 0 Å². The first-order valence-electron chi connectivity index (χ1n) is 11.8. The summed E-state index contributed by atoms with van der Waals surface area (Å²) < 4.78 is 5.45. The molecule has 8 nitrogen and oxygen atoms in total. The lowest BCUT2D eigenvalue weighted by molar-refractivity contribution is -0.384. The SMILES string of the molecule is CCOc1ccc(C(=O)N2CCN(c3ccc([N+](=O)[O-])c(N[C@H](C)c4ccccc4)c3)CC2)cc1. The minimum absolute atomic E-state index is 0.00422. The van der Waals surface area contributed by atoms with Gasteiger partial charge in [0.25, 0.3) is 11.6 Å². The van der Waals surface area contributed by atoms with Gasteiger partial charge < -0.3 is 19.9 Å². The molecule has 0 radical (unpaired) electrons. The highest BCUT2D eigenvalue weighted by Crippen LogP contribution is 2.33. The zero-order valence-electron chi connectivity index (χ0n) is 20.0. The Morgan fingerprint density at radius 2 is 1.71 bits per heavy atom. The monoisotopic (exact) mass is 474 g/mol. The van der Waals surface area contributed by atoms with Crippen LogP contribution in [0.3, 0.4) is 0 Å². The van der Waals surface area contributed by atoms with Gasteiger partial charge in [0.1, 0.15) is 11.4 Å². The number of nitro benzene ring substituents is 1. The number of carbonyl (C=O) groups is 1. The maximum atomic E-state index is 12.9. The number of nitrogens with zero attached hydrogens (tertiary/aromatic N) is 3. The van der Waals surface area contributed by atoms with Crippen molar-refractivity contribution in [3.8, 4) is 5.75 Å². The molecule has 3 aromatic rings. The number of anilines is 2. The molecule has 8 heteroatoms. The Hall–Kier alpha value is -4.07. The molecule has 1 fully saturated rings. The number of rotatable bonds is 8. The zero-order valence-corrected chi connectivity index (χ0v) is 20.0. The molecule has 1 aliphatic heterocycles. The smallest absolute Gasteiger partial charge is 0.292 e. The second kappa shape index (κ2) is 10.9. The molecule has 0 unspecified atom stereocenters. The van der Waals surface area contributed by atoms with Gasteiger partial charge in [0.15, 0.2) is 0 Å². The zero-order chi connectivity index (χ0) is 24.8. The van der Waals surface area contributed by atoms with E-state index in [-0.39, 0.29) is 22.6 Å². The summed E-state index contributed by atoms with van der Waals surface area (Å²) >= 11 is 0. The predicted octanol–water partition coefficient (Wildman–Crippen LogP) is 5.13. The topological polar surface area (TPSA) is 88.0 Å². The van der Waals surface area contributed by atoms with Gasteiger partial charge in [-0.1, -0.05) is 30.3 Å². The number of amides is 1. The summed E-state index contributed by atoms with van der Waals surface area (Å²) in [6, 6.07) is 22.1. The van der Waals surface area contributed by atoms with Crippen LogP contribution in [0, 0.1) is 10.1 Å². The average molecular weight is 475 g/mol. The number of benzene rings is 3. The molecule has 1 N–H and O–H groups in total. The fourth-order valence-corrected chi connectivity index (χ4v) is 4.26. The van der Waals surface area contributed by atoms with Crippen molar-refractivity contribution in [2.75, 3.05) is 43.0 Å². The number of hydrogen-bond donors (Lipinski definition) is 1. The summed E-state index contributed by atoms with van der Waals surface area (Å²) in [6.45, 7) is 6.94. The van der Waals surface area contributed by atoms with Crippen LogP contribution in [0.4, 0.5) is 17.1 Å². The van der Waals surface area contributed by atoms with Gasteiger partial charge in [0.2, 0.25) is 0 Å². The summed E-state index contributed by atoms with van der Waals surface area (Å²) in [6.07, 6.45) is 0. The lowest BCUT2D eigenvalue weighted by Gasteiger charge is -2.36. The van der Waals surface area contributed by atoms with Crippen LogP contribution in [0.1, 0.15) is 35.8 Å². The normalized spacial score (nSPS) is 14.3. The molecule has 0 aliphatic carbocycles. The first-order valence-corrected chi connectivity index (χ1v) is 11.8. The first kappa shape index (κ1) is 24.1. The van der Waals surface area contributed by atoms with E-state index in [1.807, 2.05) is 67.3 Å². The van der Waals surface area contributed by atoms with Gasteiger partial charge >= 0.3 is 0 Å². The van der Waals surface area contributed by atoms with E-state index in [0.29, 0.717) is 44.0 Å². The van der Waals surface area contributed by atoms with E-state index in [1.54, 1.807) is 24.3 Å². The molecule has 35 heavy (non-hydrogen) atoms.